The molecule has 0 N–H and O–H groups in total. The van der Waals surface area contributed by atoms with E-state index in [9.17, 15) is 0 Å². The fourth-order valence-electron chi connectivity index (χ4n) is 0.601. The molecule has 0 amide bonds. The van der Waals surface area contributed by atoms with Crippen molar-refractivity contribution in [2.75, 3.05) is 0 Å². The van der Waals surface area contributed by atoms with E-state index < -0.39 is 4.33 Å². The molecule has 0 aromatic rings. The molecule has 1 rings (SSSR count). The van der Waals surface area contributed by atoms with Gasteiger partial charge in [-0.05, 0) is 6.42 Å². The summed E-state index contributed by atoms with van der Waals surface area (Å²) in [7, 11) is 0. The molecule has 1 aliphatic carbocycles. The Morgan fingerprint density at radius 3 is 2.38 bits per heavy atom. The van der Waals surface area contributed by atoms with Gasteiger partial charge in [-0.2, -0.15) is 5.26 Å². The number of nitriles is 1. The van der Waals surface area contributed by atoms with Crippen LogP contribution in [0.2, 0.25) is 0 Å². The average Bonchev–Trinajstić information content (AvgIpc) is 2.15. The molecule has 0 aliphatic heterocycles. The number of hydrogen-bond donors (Lipinski definition) is 0. The second-order valence-corrected chi connectivity index (χ2v) is 3.57. The number of nitrogens with zero attached hydrogens (tertiary/aromatic N) is 1. The highest BCUT2D eigenvalue weighted by atomic mass is 35.5. The van der Waals surface area contributed by atoms with Crippen molar-refractivity contribution in [1.29, 1.82) is 5.26 Å². The van der Waals surface area contributed by atoms with E-state index in [0.29, 0.717) is 6.42 Å². The first-order chi connectivity index (χ1) is 3.67. The zero-order chi connectivity index (χ0) is 6.20. The normalized spacial score (nSPS) is 31.4. The van der Waals surface area contributed by atoms with Gasteiger partial charge in [0.15, 0.2) is 0 Å². The summed E-state index contributed by atoms with van der Waals surface area (Å²) in [5, 5.41) is 8.14. The van der Waals surface area contributed by atoms with E-state index in [1.165, 1.54) is 0 Å². The van der Waals surface area contributed by atoms with Crippen LogP contribution in [0.15, 0.2) is 0 Å². The number of alkyl halides is 2. The van der Waals surface area contributed by atoms with Crippen molar-refractivity contribution in [1.82, 2.24) is 0 Å². The minimum absolute atomic E-state index is 0.232. The van der Waals surface area contributed by atoms with Gasteiger partial charge in [0.05, 0.1) is 6.07 Å². The monoisotopic (exact) mass is 149 g/mol. The second-order valence-electron chi connectivity index (χ2n) is 2.02. The van der Waals surface area contributed by atoms with E-state index in [1.54, 1.807) is 0 Å². The lowest BCUT2D eigenvalue weighted by Gasteiger charge is -1.88. The lowest BCUT2D eigenvalue weighted by Crippen LogP contribution is -1.86. The van der Waals surface area contributed by atoms with Crippen molar-refractivity contribution in [2.24, 2.45) is 5.92 Å². The Kier molecular flexibility index (Phi) is 1.38. The van der Waals surface area contributed by atoms with E-state index >= 15 is 0 Å². The molecular formula is C5H5Cl2N. The molecule has 0 heterocycles. The predicted octanol–water partition coefficient (Wildman–Crippen LogP) is 2.09. The minimum Gasteiger partial charge on any atom is -0.198 e. The third-order valence-corrected chi connectivity index (χ3v) is 2.22. The van der Waals surface area contributed by atoms with E-state index in [4.69, 9.17) is 28.5 Å². The molecule has 0 aromatic carbocycles. The Bertz CT molecular complexity index is 136. The molecule has 0 bridgehead atoms. The molecule has 1 atom stereocenters. The molecule has 1 fully saturated rings. The van der Waals surface area contributed by atoms with Gasteiger partial charge >= 0.3 is 0 Å². The van der Waals surface area contributed by atoms with E-state index in [-0.39, 0.29) is 5.92 Å². The highest BCUT2D eigenvalue weighted by Crippen LogP contribution is 2.54. The first-order valence-corrected chi connectivity index (χ1v) is 3.17. The number of halogens is 2. The topological polar surface area (TPSA) is 23.8 Å². The van der Waals surface area contributed by atoms with Crippen LogP contribution >= 0.6 is 23.2 Å². The fourth-order valence-corrected chi connectivity index (χ4v) is 1.13. The molecule has 8 heavy (non-hydrogen) atoms. The van der Waals surface area contributed by atoms with Gasteiger partial charge in [-0.3, -0.25) is 0 Å². The molecule has 0 unspecified atom stereocenters. The highest BCUT2D eigenvalue weighted by Gasteiger charge is 2.51. The third kappa shape index (κ3) is 1.07. The van der Waals surface area contributed by atoms with Gasteiger partial charge in [0.1, 0.15) is 4.33 Å². The Labute approximate surface area is 58.2 Å². The molecule has 44 valence electrons. The fraction of sp³-hybridized carbons (Fsp3) is 0.800. The van der Waals surface area contributed by atoms with Crippen LogP contribution in [-0.4, -0.2) is 4.33 Å². The lowest BCUT2D eigenvalue weighted by molar-refractivity contribution is 0.859. The largest absolute Gasteiger partial charge is 0.198 e. The van der Waals surface area contributed by atoms with Crippen molar-refractivity contribution in [3.05, 3.63) is 0 Å². The van der Waals surface area contributed by atoms with Gasteiger partial charge in [-0.25, -0.2) is 0 Å². The molecular weight excluding hydrogens is 145 g/mol. The summed E-state index contributed by atoms with van der Waals surface area (Å²) >= 11 is 11.2. The zero-order valence-electron chi connectivity index (χ0n) is 4.19. The van der Waals surface area contributed by atoms with Gasteiger partial charge in [-0.15, -0.1) is 23.2 Å². The Morgan fingerprint density at radius 1 is 1.75 bits per heavy atom. The third-order valence-electron chi connectivity index (χ3n) is 1.29. The summed E-state index contributed by atoms with van der Waals surface area (Å²) in [6.45, 7) is 0. The quantitative estimate of drug-likeness (QED) is 0.525. The van der Waals surface area contributed by atoms with Crippen molar-refractivity contribution < 1.29 is 0 Å². The number of rotatable bonds is 1. The summed E-state index contributed by atoms with van der Waals surface area (Å²) in [6.07, 6.45) is 1.27. The van der Waals surface area contributed by atoms with E-state index in [2.05, 4.69) is 0 Å². The summed E-state index contributed by atoms with van der Waals surface area (Å²) < 4.78 is -0.560. The van der Waals surface area contributed by atoms with Crippen LogP contribution in [0, 0.1) is 17.2 Å². The van der Waals surface area contributed by atoms with Crippen LogP contribution in [-0.2, 0) is 0 Å². The maximum atomic E-state index is 8.14. The van der Waals surface area contributed by atoms with Crippen LogP contribution in [0.3, 0.4) is 0 Å². The van der Waals surface area contributed by atoms with E-state index in [0.717, 1.165) is 6.42 Å². The second kappa shape index (κ2) is 1.79. The molecule has 0 spiro atoms. The Morgan fingerprint density at radius 2 is 2.25 bits per heavy atom. The minimum atomic E-state index is -0.560. The van der Waals surface area contributed by atoms with Gasteiger partial charge in [0.2, 0.25) is 0 Å². The van der Waals surface area contributed by atoms with Crippen molar-refractivity contribution in [3.63, 3.8) is 0 Å². The molecule has 1 saturated carbocycles. The van der Waals surface area contributed by atoms with Crippen LogP contribution in [0.25, 0.3) is 0 Å². The van der Waals surface area contributed by atoms with Gasteiger partial charge in [0, 0.05) is 12.3 Å². The first-order valence-electron chi connectivity index (χ1n) is 2.41. The molecule has 0 aromatic heterocycles. The maximum Gasteiger partial charge on any atom is 0.122 e. The van der Waals surface area contributed by atoms with E-state index in [1.807, 2.05) is 6.07 Å². The summed E-state index contributed by atoms with van der Waals surface area (Å²) in [5.41, 5.74) is 0. The van der Waals surface area contributed by atoms with Gasteiger partial charge < -0.3 is 0 Å². The smallest absolute Gasteiger partial charge is 0.122 e. The van der Waals surface area contributed by atoms with Crippen LogP contribution in [0.5, 0.6) is 0 Å². The number of hydrogen-bond acceptors (Lipinski definition) is 1. The highest BCUT2D eigenvalue weighted by molar-refractivity contribution is 6.50. The van der Waals surface area contributed by atoms with Gasteiger partial charge in [0.25, 0.3) is 0 Å². The first kappa shape index (κ1) is 6.19. The molecule has 1 aliphatic rings. The summed E-state index contributed by atoms with van der Waals surface area (Å²) in [4.78, 5) is 0. The van der Waals surface area contributed by atoms with Crippen molar-refractivity contribution >= 4 is 23.2 Å². The maximum absolute atomic E-state index is 8.14. The van der Waals surface area contributed by atoms with Gasteiger partial charge in [-0.1, -0.05) is 0 Å². The molecule has 3 heteroatoms. The molecule has 0 saturated heterocycles. The predicted molar refractivity (Wildman–Crippen MR) is 32.8 cm³/mol. The molecule has 0 radical (unpaired) electrons. The van der Waals surface area contributed by atoms with Crippen LogP contribution < -0.4 is 0 Å². The summed E-state index contributed by atoms with van der Waals surface area (Å²) in [6, 6.07) is 2.02. The Hall–Kier alpha value is 0.0700. The lowest BCUT2D eigenvalue weighted by atomic mass is 10.3. The molecule has 1 nitrogen and oxygen atoms in total. The van der Waals surface area contributed by atoms with Crippen LogP contribution in [0.4, 0.5) is 0 Å². The summed E-state index contributed by atoms with van der Waals surface area (Å²) in [5.74, 6) is 0.232. The SMILES string of the molecule is N#CC[C@H]1CC1(Cl)Cl. The van der Waals surface area contributed by atoms with Crippen molar-refractivity contribution in [2.45, 2.75) is 17.2 Å². The zero-order valence-corrected chi connectivity index (χ0v) is 5.71. The van der Waals surface area contributed by atoms with Crippen LogP contribution in [0.1, 0.15) is 12.8 Å². The average molecular weight is 150 g/mol. The van der Waals surface area contributed by atoms with Crippen molar-refractivity contribution in [3.8, 4) is 6.07 Å². The Balaban J connectivity index is 2.29. The standard InChI is InChI=1S/C5H5Cl2N/c6-5(7)3-4(5)1-2-8/h4H,1,3H2/t4-/m0/s1.